The number of nitrogens with one attached hydrogen (secondary N) is 1. The largest absolute Gasteiger partial charge is 0.396 e. The van der Waals surface area contributed by atoms with Crippen molar-refractivity contribution in [3.8, 4) is 0 Å². The fourth-order valence-corrected chi connectivity index (χ4v) is 4.25. The molecule has 2 N–H and O–H groups in total. The monoisotopic (exact) mass is 305 g/mol. The summed E-state index contributed by atoms with van der Waals surface area (Å²) in [5.74, 6) is 1.02. The lowest BCUT2D eigenvalue weighted by Gasteiger charge is -2.12. The zero-order valence-corrected chi connectivity index (χ0v) is 13.2. The molecular formula is C16H23N3OS. The van der Waals surface area contributed by atoms with E-state index in [9.17, 15) is 0 Å². The molecule has 2 aromatic rings. The predicted molar refractivity (Wildman–Crippen MR) is 88.1 cm³/mol. The Balaban J connectivity index is 1.69. The highest BCUT2D eigenvalue weighted by atomic mass is 32.1. The maximum absolute atomic E-state index is 8.78. The van der Waals surface area contributed by atoms with Crippen molar-refractivity contribution in [2.45, 2.75) is 51.4 Å². The third-order valence-corrected chi connectivity index (χ3v) is 5.33. The van der Waals surface area contributed by atoms with Gasteiger partial charge in [-0.15, -0.1) is 11.3 Å². The van der Waals surface area contributed by atoms with Gasteiger partial charge in [-0.1, -0.05) is 12.8 Å². The third-order valence-electron chi connectivity index (χ3n) is 4.13. The van der Waals surface area contributed by atoms with Crippen LogP contribution in [0.3, 0.4) is 0 Å². The number of nitrogens with zero attached hydrogens (tertiary/aromatic N) is 2. The summed E-state index contributed by atoms with van der Waals surface area (Å²) in [5.41, 5.74) is 1.49. The summed E-state index contributed by atoms with van der Waals surface area (Å²) < 4.78 is 0. The van der Waals surface area contributed by atoms with Gasteiger partial charge in [0.2, 0.25) is 0 Å². The summed E-state index contributed by atoms with van der Waals surface area (Å²) in [5, 5.41) is 13.5. The predicted octanol–water partition coefficient (Wildman–Crippen LogP) is 3.53. The normalized spacial score (nSPS) is 14.3. The van der Waals surface area contributed by atoms with Gasteiger partial charge in [-0.3, -0.25) is 0 Å². The molecule has 5 heteroatoms. The van der Waals surface area contributed by atoms with Gasteiger partial charge in [-0.2, -0.15) is 0 Å². The van der Waals surface area contributed by atoms with Gasteiger partial charge < -0.3 is 10.4 Å². The molecule has 4 nitrogen and oxygen atoms in total. The van der Waals surface area contributed by atoms with Crippen LogP contribution in [-0.4, -0.2) is 28.2 Å². The van der Waals surface area contributed by atoms with Gasteiger partial charge in [0.1, 0.15) is 17.0 Å². The fraction of sp³-hybridized carbons (Fsp3) is 0.625. The maximum Gasteiger partial charge on any atom is 0.138 e. The first-order valence-electron chi connectivity index (χ1n) is 8.00. The Hall–Kier alpha value is -1.20. The Kier molecular flexibility index (Phi) is 5.04. The van der Waals surface area contributed by atoms with Crippen molar-refractivity contribution in [2.24, 2.45) is 0 Å². The van der Waals surface area contributed by atoms with E-state index in [1.165, 1.54) is 41.5 Å². The molecule has 0 aromatic carbocycles. The number of rotatable bonds is 7. The number of aryl methyl sites for hydroxylation is 2. The van der Waals surface area contributed by atoms with Gasteiger partial charge in [-0.05, 0) is 44.1 Å². The van der Waals surface area contributed by atoms with E-state index in [0.29, 0.717) is 6.61 Å². The van der Waals surface area contributed by atoms with Crippen molar-refractivity contribution in [3.63, 3.8) is 0 Å². The number of aliphatic hydroxyl groups excluding tert-OH is 1. The van der Waals surface area contributed by atoms with E-state index < -0.39 is 0 Å². The first kappa shape index (κ1) is 14.7. The molecule has 0 aliphatic heterocycles. The van der Waals surface area contributed by atoms with Crippen LogP contribution in [0.2, 0.25) is 0 Å². The second-order valence-electron chi connectivity index (χ2n) is 5.68. The van der Waals surface area contributed by atoms with Crippen molar-refractivity contribution < 1.29 is 5.11 Å². The SMILES string of the molecule is OCCCCCCNc1ncnc2sc3c(c12)CCCC3. The standard InChI is InChI=1S/C16H23N3OS/c20-10-6-2-1-5-9-17-15-14-12-7-3-4-8-13(12)21-16(14)19-11-18-15/h11,20H,1-10H2,(H,17,18,19). The van der Waals surface area contributed by atoms with Crippen LogP contribution in [0, 0.1) is 0 Å². The number of aliphatic hydroxyl groups is 1. The highest BCUT2D eigenvalue weighted by molar-refractivity contribution is 7.19. The molecule has 0 amide bonds. The van der Waals surface area contributed by atoms with E-state index in [0.717, 1.165) is 42.9 Å². The summed E-state index contributed by atoms with van der Waals surface area (Å²) in [7, 11) is 0. The molecule has 0 unspecified atom stereocenters. The summed E-state index contributed by atoms with van der Waals surface area (Å²) >= 11 is 1.85. The summed E-state index contributed by atoms with van der Waals surface area (Å²) in [4.78, 5) is 11.6. The van der Waals surface area contributed by atoms with Crippen LogP contribution in [0.15, 0.2) is 6.33 Å². The molecule has 0 radical (unpaired) electrons. The lowest BCUT2D eigenvalue weighted by molar-refractivity contribution is 0.283. The average molecular weight is 305 g/mol. The van der Waals surface area contributed by atoms with E-state index in [4.69, 9.17) is 5.11 Å². The van der Waals surface area contributed by atoms with Gasteiger partial charge in [0.15, 0.2) is 0 Å². The first-order chi connectivity index (χ1) is 10.4. The molecule has 0 atom stereocenters. The maximum atomic E-state index is 8.78. The lowest BCUT2D eigenvalue weighted by Crippen LogP contribution is -2.05. The van der Waals surface area contributed by atoms with Crippen LogP contribution in [0.25, 0.3) is 10.2 Å². The molecule has 0 spiro atoms. The van der Waals surface area contributed by atoms with Crippen molar-refractivity contribution in [3.05, 3.63) is 16.8 Å². The molecule has 1 aliphatic rings. The van der Waals surface area contributed by atoms with Crippen molar-refractivity contribution >= 4 is 27.4 Å². The molecular weight excluding hydrogens is 282 g/mol. The van der Waals surface area contributed by atoms with Crippen molar-refractivity contribution in [1.82, 2.24) is 9.97 Å². The molecule has 0 bridgehead atoms. The van der Waals surface area contributed by atoms with E-state index in [2.05, 4.69) is 15.3 Å². The van der Waals surface area contributed by atoms with Gasteiger partial charge in [0.25, 0.3) is 0 Å². The number of thiophene rings is 1. The lowest BCUT2D eigenvalue weighted by atomic mass is 9.97. The average Bonchev–Trinajstić information content (AvgIpc) is 2.90. The molecule has 0 saturated carbocycles. The zero-order valence-electron chi connectivity index (χ0n) is 12.4. The number of unbranched alkanes of at least 4 members (excludes halogenated alkanes) is 3. The first-order valence-corrected chi connectivity index (χ1v) is 8.82. The van der Waals surface area contributed by atoms with Gasteiger partial charge in [0, 0.05) is 18.0 Å². The van der Waals surface area contributed by atoms with E-state index in [1.54, 1.807) is 6.33 Å². The second-order valence-corrected chi connectivity index (χ2v) is 6.76. The van der Waals surface area contributed by atoms with Crippen LogP contribution in [0.5, 0.6) is 0 Å². The van der Waals surface area contributed by atoms with Crippen LogP contribution >= 0.6 is 11.3 Å². The van der Waals surface area contributed by atoms with Crippen LogP contribution in [-0.2, 0) is 12.8 Å². The molecule has 2 heterocycles. The van der Waals surface area contributed by atoms with Crippen LogP contribution < -0.4 is 5.32 Å². The third kappa shape index (κ3) is 3.35. The van der Waals surface area contributed by atoms with Gasteiger partial charge in [-0.25, -0.2) is 9.97 Å². The number of hydrogen-bond donors (Lipinski definition) is 2. The summed E-state index contributed by atoms with van der Waals surface area (Å²) in [6.07, 6.45) is 10.9. The second kappa shape index (κ2) is 7.18. The Morgan fingerprint density at radius 3 is 2.86 bits per heavy atom. The topological polar surface area (TPSA) is 58.0 Å². The molecule has 21 heavy (non-hydrogen) atoms. The number of hydrogen-bond acceptors (Lipinski definition) is 5. The van der Waals surface area contributed by atoms with E-state index in [-0.39, 0.29) is 0 Å². The minimum absolute atomic E-state index is 0.307. The number of anilines is 1. The Morgan fingerprint density at radius 1 is 1.10 bits per heavy atom. The smallest absolute Gasteiger partial charge is 0.138 e. The quantitative estimate of drug-likeness (QED) is 0.768. The van der Waals surface area contributed by atoms with Crippen LogP contribution in [0.4, 0.5) is 5.82 Å². The minimum atomic E-state index is 0.307. The zero-order chi connectivity index (χ0) is 14.5. The van der Waals surface area contributed by atoms with Crippen molar-refractivity contribution in [1.29, 1.82) is 0 Å². The van der Waals surface area contributed by atoms with E-state index >= 15 is 0 Å². The number of fused-ring (bicyclic) bond motifs is 3. The summed E-state index contributed by atoms with van der Waals surface area (Å²) in [6.45, 7) is 1.25. The number of aromatic nitrogens is 2. The van der Waals surface area contributed by atoms with Crippen molar-refractivity contribution in [2.75, 3.05) is 18.5 Å². The minimum Gasteiger partial charge on any atom is -0.396 e. The molecule has 1 aliphatic carbocycles. The fourth-order valence-electron chi connectivity index (χ4n) is 3.02. The van der Waals surface area contributed by atoms with Gasteiger partial charge in [0.05, 0.1) is 5.39 Å². The molecule has 0 saturated heterocycles. The summed E-state index contributed by atoms with van der Waals surface area (Å²) in [6, 6.07) is 0. The molecule has 114 valence electrons. The van der Waals surface area contributed by atoms with E-state index in [1.807, 2.05) is 11.3 Å². The molecule has 3 rings (SSSR count). The van der Waals surface area contributed by atoms with Gasteiger partial charge >= 0.3 is 0 Å². The van der Waals surface area contributed by atoms with Crippen LogP contribution in [0.1, 0.15) is 49.0 Å². The Labute approximate surface area is 129 Å². The highest BCUT2D eigenvalue weighted by Gasteiger charge is 2.19. The molecule has 2 aromatic heterocycles. The Bertz CT molecular complexity index is 596. The molecule has 0 fully saturated rings. The highest BCUT2D eigenvalue weighted by Crippen LogP contribution is 2.38. The Morgan fingerprint density at radius 2 is 1.95 bits per heavy atom.